The largest absolute Gasteiger partial charge is 0.329 e. The van der Waals surface area contributed by atoms with Crippen LogP contribution < -0.4 is 5.56 Å². The van der Waals surface area contributed by atoms with Gasteiger partial charge in [-0.25, -0.2) is 4.98 Å². The Hall–Kier alpha value is -3.73. The second-order valence-electron chi connectivity index (χ2n) is 9.82. The second-order valence-corrected chi connectivity index (χ2v) is 9.82. The minimum Gasteiger partial charge on any atom is -0.329 e. The van der Waals surface area contributed by atoms with Crippen molar-refractivity contribution in [3.8, 4) is 5.69 Å². The number of carbonyl (C=O) groups is 1. The third kappa shape index (κ3) is 5.11. The normalized spacial score (nSPS) is 12.2. The van der Waals surface area contributed by atoms with E-state index in [9.17, 15) is 9.59 Å². The summed E-state index contributed by atoms with van der Waals surface area (Å²) in [6.45, 7) is 10.9. The maximum absolute atomic E-state index is 13.8. The van der Waals surface area contributed by atoms with E-state index in [1.54, 1.807) is 4.57 Å². The van der Waals surface area contributed by atoms with Gasteiger partial charge in [0.1, 0.15) is 5.82 Å². The van der Waals surface area contributed by atoms with Crippen LogP contribution in [-0.4, -0.2) is 26.9 Å². The number of hydrogen-bond donors (Lipinski definition) is 0. The van der Waals surface area contributed by atoms with Crippen molar-refractivity contribution in [2.24, 2.45) is 5.92 Å². The summed E-state index contributed by atoms with van der Waals surface area (Å²) in [6, 6.07) is 22.6. The fourth-order valence-corrected chi connectivity index (χ4v) is 4.53. The highest BCUT2D eigenvalue weighted by molar-refractivity contribution is 5.94. The number of hydrogen-bond acceptors (Lipinski definition) is 3. The molecule has 1 unspecified atom stereocenters. The highest BCUT2D eigenvalue weighted by atomic mass is 16.2. The molecular weight excluding hydrogens is 446 g/mol. The minimum absolute atomic E-state index is 0.0513. The van der Waals surface area contributed by atoms with E-state index in [2.05, 4.69) is 20.8 Å². The molecule has 0 bridgehead atoms. The Morgan fingerprint density at radius 3 is 2.28 bits per heavy atom. The highest BCUT2D eigenvalue weighted by Crippen LogP contribution is 2.26. The molecule has 0 fully saturated rings. The standard InChI is InChI=1S/C31H35N3O2/c1-6-24-15-17-25(18-16-24)30(35)33(20-19-21(2)3)23(5)29-32-27-13-9-8-12-26(27)31(36)34(29)28-14-10-7-11-22(28)4/h7-18,21,23H,6,19-20H2,1-5H3. The Morgan fingerprint density at radius 2 is 1.61 bits per heavy atom. The van der Waals surface area contributed by atoms with E-state index in [1.165, 1.54) is 5.56 Å². The molecule has 186 valence electrons. The number of amides is 1. The topological polar surface area (TPSA) is 55.2 Å². The Kier molecular flexibility index (Phi) is 7.68. The second kappa shape index (κ2) is 10.9. The van der Waals surface area contributed by atoms with Gasteiger partial charge in [-0.3, -0.25) is 14.2 Å². The molecular formula is C31H35N3O2. The maximum Gasteiger partial charge on any atom is 0.266 e. The highest BCUT2D eigenvalue weighted by Gasteiger charge is 2.28. The number of carbonyl (C=O) groups excluding carboxylic acids is 1. The molecule has 0 N–H and O–H groups in total. The predicted molar refractivity (Wildman–Crippen MR) is 147 cm³/mol. The van der Waals surface area contributed by atoms with Crippen molar-refractivity contribution >= 4 is 16.8 Å². The summed E-state index contributed by atoms with van der Waals surface area (Å²) in [5, 5.41) is 0.562. The van der Waals surface area contributed by atoms with Gasteiger partial charge in [0.05, 0.1) is 22.6 Å². The van der Waals surface area contributed by atoms with Gasteiger partial charge in [0.25, 0.3) is 11.5 Å². The van der Waals surface area contributed by atoms with Crippen molar-refractivity contribution in [1.29, 1.82) is 0 Å². The number of aryl methyl sites for hydroxylation is 2. The van der Waals surface area contributed by atoms with Crippen LogP contribution in [0.15, 0.2) is 77.6 Å². The molecule has 0 aliphatic heterocycles. The summed E-state index contributed by atoms with van der Waals surface area (Å²) < 4.78 is 1.69. The lowest BCUT2D eigenvalue weighted by molar-refractivity contribution is 0.0671. The third-order valence-electron chi connectivity index (χ3n) is 6.82. The molecule has 5 heteroatoms. The lowest BCUT2D eigenvalue weighted by atomic mass is 10.1. The predicted octanol–water partition coefficient (Wildman–Crippen LogP) is 6.51. The molecule has 5 nitrogen and oxygen atoms in total. The Bertz CT molecular complexity index is 1420. The number of rotatable bonds is 8. The van der Waals surface area contributed by atoms with Gasteiger partial charge in [0.15, 0.2) is 0 Å². The number of nitrogens with zero attached hydrogens (tertiary/aromatic N) is 3. The zero-order valence-electron chi connectivity index (χ0n) is 21.9. The van der Waals surface area contributed by atoms with E-state index in [0.29, 0.717) is 34.8 Å². The van der Waals surface area contributed by atoms with Crippen LogP contribution in [0.5, 0.6) is 0 Å². The molecule has 36 heavy (non-hydrogen) atoms. The van der Waals surface area contributed by atoms with E-state index in [4.69, 9.17) is 4.98 Å². The lowest BCUT2D eigenvalue weighted by Crippen LogP contribution is -2.38. The van der Waals surface area contributed by atoms with Crippen molar-refractivity contribution in [3.63, 3.8) is 0 Å². The van der Waals surface area contributed by atoms with Crippen molar-refractivity contribution < 1.29 is 4.79 Å². The quantitative estimate of drug-likeness (QED) is 0.288. The first-order valence-electron chi connectivity index (χ1n) is 12.8. The first kappa shape index (κ1) is 25.4. The van der Waals surface area contributed by atoms with Crippen molar-refractivity contribution in [3.05, 3.63) is 106 Å². The molecule has 1 heterocycles. The fraction of sp³-hybridized carbons (Fsp3) is 0.323. The molecule has 4 aromatic rings. The Balaban J connectivity index is 1.89. The smallest absolute Gasteiger partial charge is 0.266 e. The van der Waals surface area contributed by atoms with Crippen LogP contribution in [0, 0.1) is 12.8 Å². The summed E-state index contributed by atoms with van der Waals surface area (Å²) in [4.78, 5) is 34.5. The molecule has 0 aliphatic rings. The molecule has 3 aromatic carbocycles. The van der Waals surface area contributed by atoms with Crippen LogP contribution in [0.3, 0.4) is 0 Å². The summed E-state index contributed by atoms with van der Waals surface area (Å²) in [5.74, 6) is 0.943. The van der Waals surface area contributed by atoms with Gasteiger partial charge in [0, 0.05) is 12.1 Å². The number of para-hydroxylation sites is 2. The van der Waals surface area contributed by atoms with Gasteiger partial charge >= 0.3 is 0 Å². The van der Waals surface area contributed by atoms with Crippen LogP contribution in [0.4, 0.5) is 0 Å². The number of aromatic nitrogens is 2. The number of benzene rings is 3. The van der Waals surface area contributed by atoms with Crippen molar-refractivity contribution in [2.45, 2.75) is 53.5 Å². The van der Waals surface area contributed by atoms with Crippen LogP contribution >= 0.6 is 0 Å². The number of fused-ring (bicyclic) bond motifs is 1. The Labute approximate surface area is 213 Å². The van der Waals surface area contributed by atoms with Crippen LogP contribution in [0.2, 0.25) is 0 Å². The Morgan fingerprint density at radius 1 is 0.944 bits per heavy atom. The molecule has 0 radical (unpaired) electrons. The minimum atomic E-state index is -0.418. The zero-order chi connectivity index (χ0) is 25.8. The molecule has 0 aliphatic carbocycles. The van der Waals surface area contributed by atoms with Crippen molar-refractivity contribution in [1.82, 2.24) is 14.5 Å². The molecule has 1 aromatic heterocycles. The van der Waals surface area contributed by atoms with Crippen LogP contribution in [0.1, 0.15) is 67.5 Å². The monoisotopic (exact) mass is 481 g/mol. The average molecular weight is 482 g/mol. The first-order valence-corrected chi connectivity index (χ1v) is 12.8. The summed E-state index contributed by atoms with van der Waals surface area (Å²) in [7, 11) is 0. The van der Waals surface area contributed by atoms with Crippen molar-refractivity contribution in [2.75, 3.05) is 6.54 Å². The van der Waals surface area contributed by atoms with Gasteiger partial charge < -0.3 is 4.90 Å². The molecule has 1 amide bonds. The molecule has 1 atom stereocenters. The lowest BCUT2D eigenvalue weighted by Gasteiger charge is -2.31. The maximum atomic E-state index is 13.8. The molecule has 0 spiro atoms. The third-order valence-corrected chi connectivity index (χ3v) is 6.82. The zero-order valence-corrected chi connectivity index (χ0v) is 21.9. The SMILES string of the molecule is CCc1ccc(C(=O)N(CCC(C)C)C(C)c2nc3ccccc3c(=O)n2-c2ccccc2C)cc1. The summed E-state index contributed by atoms with van der Waals surface area (Å²) in [6.07, 6.45) is 1.77. The van der Waals surface area contributed by atoms with E-state index in [1.807, 2.05) is 91.5 Å². The van der Waals surface area contributed by atoms with E-state index in [-0.39, 0.29) is 11.5 Å². The molecule has 0 saturated heterocycles. The molecule has 4 rings (SSSR count). The van der Waals surface area contributed by atoms with E-state index >= 15 is 0 Å². The van der Waals surface area contributed by atoms with E-state index < -0.39 is 6.04 Å². The van der Waals surface area contributed by atoms with Crippen LogP contribution in [0.25, 0.3) is 16.6 Å². The van der Waals surface area contributed by atoms with Gasteiger partial charge in [-0.1, -0.05) is 63.2 Å². The van der Waals surface area contributed by atoms with E-state index in [0.717, 1.165) is 24.1 Å². The summed E-state index contributed by atoms with van der Waals surface area (Å²) >= 11 is 0. The molecule has 0 saturated carbocycles. The average Bonchev–Trinajstić information content (AvgIpc) is 2.89. The fourth-order valence-electron chi connectivity index (χ4n) is 4.53. The summed E-state index contributed by atoms with van der Waals surface area (Å²) in [5.41, 5.74) is 4.11. The van der Waals surface area contributed by atoms with Crippen LogP contribution in [-0.2, 0) is 6.42 Å². The van der Waals surface area contributed by atoms with Gasteiger partial charge in [-0.15, -0.1) is 0 Å². The van der Waals surface area contributed by atoms with Gasteiger partial charge in [-0.05, 0) is 74.1 Å². The van der Waals surface area contributed by atoms with Gasteiger partial charge in [-0.2, -0.15) is 0 Å². The van der Waals surface area contributed by atoms with Gasteiger partial charge in [0.2, 0.25) is 0 Å². The first-order chi connectivity index (χ1) is 17.3.